The first kappa shape index (κ1) is 12.4. The molecule has 1 aromatic heterocycles. The Hall–Kier alpha value is -1.09. The fourth-order valence-corrected chi connectivity index (χ4v) is 2.35. The zero-order chi connectivity index (χ0) is 12.4. The fraction of sp³-hybridized carbons (Fsp3) is 0.643. The second-order valence-electron chi connectivity index (χ2n) is 5.42. The summed E-state index contributed by atoms with van der Waals surface area (Å²) < 4.78 is 0. The lowest BCUT2D eigenvalue weighted by Crippen LogP contribution is -2.38. The molecule has 3 nitrogen and oxygen atoms in total. The Morgan fingerprint density at radius 3 is 2.65 bits per heavy atom. The predicted molar refractivity (Wildman–Crippen MR) is 72.0 cm³/mol. The molecule has 0 amide bonds. The number of hydrogen-bond donors (Lipinski definition) is 1. The van der Waals surface area contributed by atoms with Gasteiger partial charge in [0.1, 0.15) is 0 Å². The summed E-state index contributed by atoms with van der Waals surface area (Å²) in [6.45, 7) is 8.93. The highest BCUT2D eigenvalue weighted by atomic mass is 15.1. The van der Waals surface area contributed by atoms with Crippen molar-refractivity contribution in [2.75, 3.05) is 18.0 Å². The van der Waals surface area contributed by atoms with E-state index >= 15 is 0 Å². The second-order valence-corrected chi connectivity index (χ2v) is 5.42. The van der Waals surface area contributed by atoms with Crippen molar-refractivity contribution < 1.29 is 0 Å². The van der Waals surface area contributed by atoms with Gasteiger partial charge in [-0.1, -0.05) is 13.8 Å². The second kappa shape index (κ2) is 5.05. The van der Waals surface area contributed by atoms with Crippen molar-refractivity contribution in [3.05, 3.63) is 24.0 Å². The van der Waals surface area contributed by atoms with Crippen LogP contribution in [-0.4, -0.2) is 18.1 Å². The van der Waals surface area contributed by atoms with Crippen LogP contribution in [0.3, 0.4) is 0 Å². The highest BCUT2D eigenvalue weighted by Gasteiger charge is 2.22. The van der Waals surface area contributed by atoms with Crippen molar-refractivity contribution in [1.82, 2.24) is 4.98 Å². The molecular formula is C14H23N3. The van der Waals surface area contributed by atoms with Crippen LogP contribution in [0.2, 0.25) is 0 Å². The highest BCUT2D eigenvalue weighted by Crippen LogP contribution is 2.26. The third-order valence-corrected chi connectivity index (χ3v) is 3.94. The Balaban J connectivity index is 2.07. The fourth-order valence-electron chi connectivity index (χ4n) is 2.35. The minimum absolute atomic E-state index is 0.0179. The number of nitrogens with zero attached hydrogens (tertiary/aromatic N) is 2. The lowest BCUT2D eigenvalue weighted by molar-refractivity contribution is 0.324. The standard InChI is InChI=1S/C14H23N3/c1-10-6-7-17(9-11(10)2)13-4-5-14(12(3)15)16-8-13/h4-5,8,10-12H,6-7,9,15H2,1-3H3. The normalized spacial score (nSPS) is 26.9. The van der Waals surface area contributed by atoms with Crippen molar-refractivity contribution in [3.63, 3.8) is 0 Å². The van der Waals surface area contributed by atoms with E-state index in [0.717, 1.165) is 30.6 Å². The minimum Gasteiger partial charge on any atom is -0.370 e. The van der Waals surface area contributed by atoms with Crippen molar-refractivity contribution in [2.45, 2.75) is 33.2 Å². The van der Waals surface area contributed by atoms with E-state index < -0.39 is 0 Å². The molecule has 94 valence electrons. The van der Waals surface area contributed by atoms with Crippen LogP contribution >= 0.6 is 0 Å². The molecule has 2 rings (SSSR count). The highest BCUT2D eigenvalue weighted by molar-refractivity contribution is 5.45. The summed E-state index contributed by atoms with van der Waals surface area (Å²) in [5, 5.41) is 0. The molecule has 0 aromatic carbocycles. The van der Waals surface area contributed by atoms with Gasteiger partial charge in [-0.25, -0.2) is 0 Å². The Morgan fingerprint density at radius 1 is 1.35 bits per heavy atom. The third kappa shape index (κ3) is 2.78. The zero-order valence-corrected chi connectivity index (χ0v) is 11.1. The topological polar surface area (TPSA) is 42.1 Å². The van der Waals surface area contributed by atoms with Gasteiger partial charge in [0.25, 0.3) is 0 Å². The number of piperidine rings is 1. The van der Waals surface area contributed by atoms with Crippen LogP contribution in [-0.2, 0) is 0 Å². The van der Waals surface area contributed by atoms with E-state index in [2.05, 4.69) is 29.8 Å². The predicted octanol–water partition coefficient (Wildman–Crippen LogP) is 2.58. The maximum absolute atomic E-state index is 5.81. The number of aromatic nitrogens is 1. The van der Waals surface area contributed by atoms with Gasteiger partial charge in [-0.15, -0.1) is 0 Å². The smallest absolute Gasteiger partial charge is 0.0569 e. The van der Waals surface area contributed by atoms with E-state index in [-0.39, 0.29) is 6.04 Å². The molecule has 0 aliphatic carbocycles. The molecular weight excluding hydrogens is 210 g/mol. The first-order valence-corrected chi connectivity index (χ1v) is 6.54. The quantitative estimate of drug-likeness (QED) is 0.853. The van der Waals surface area contributed by atoms with Crippen molar-refractivity contribution in [1.29, 1.82) is 0 Å². The van der Waals surface area contributed by atoms with Crippen LogP contribution < -0.4 is 10.6 Å². The van der Waals surface area contributed by atoms with Crippen LogP contribution in [0.25, 0.3) is 0 Å². The molecule has 0 spiro atoms. The molecule has 0 radical (unpaired) electrons. The van der Waals surface area contributed by atoms with E-state index in [1.54, 1.807) is 0 Å². The Kier molecular flexibility index (Phi) is 3.67. The largest absolute Gasteiger partial charge is 0.370 e. The summed E-state index contributed by atoms with van der Waals surface area (Å²) in [6.07, 6.45) is 3.23. The summed E-state index contributed by atoms with van der Waals surface area (Å²) in [7, 11) is 0. The van der Waals surface area contributed by atoms with Crippen LogP contribution in [0, 0.1) is 11.8 Å². The summed E-state index contributed by atoms with van der Waals surface area (Å²) >= 11 is 0. The Bertz CT molecular complexity index is 358. The van der Waals surface area contributed by atoms with Gasteiger partial charge in [-0.3, -0.25) is 4.98 Å². The molecule has 0 saturated carbocycles. The maximum atomic E-state index is 5.81. The van der Waals surface area contributed by atoms with Crippen molar-refractivity contribution >= 4 is 5.69 Å². The summed E-state index contributed by atoms with van der Waals surface area (Å²) in [5.74, 6) is 1.60. The minimum atomic E-state index is 0.0179. The van der Waals surface area contributed by atoms with Gasteiger partial charge in [0.15, 0.2) is 0 Å². The molecule has 3 unspecified atom stereocenters. The van der Waals surface area contributed by atoms with Crippen molar-refractivity contribution in [3.8, 4) is 0 Å². The SMILES string of the molecule is CC(N)c1ccc(N2CCC(C)C(C)C2)cn1. The maximum Gasteiger partial charge on any atom is 0.0569 e. The first-order valence-electron chi connectivity index (χ1n) is 6.54. The molecule has 1 fully saturated rings. The number of rotatable bonds is 2. The molecule has 3 heteroatoms. The Morgan fingerprint density at radius 2 is 2.12 bits per heavy atom. The number of pyridine rings is 1. The lowest BCUT2D eigenvalue weighted by atomic mass is 9.88. The summed E-state index contributed by atoms with van der Waals surface area (Å²) in [5.41, 5.74) is 8.00. The zero-order valence-electron chi connectivity index (χ0n) is 11.1. The van der Waals surface area contributed by atoms with Crippen LogP contribution in [0.1, 0.15) is 38.9 Å². The molecule has 1 aromatic rings. The summed E-state index contributed by atoms with van der Waals surface area (Å²) in [4.78, 5) is 6.86. The van der Waals surface area contributed by atoms with E-state index in [0.29, 0.717) is 0 Å². The van der Waals surface area contributed by atoms with Crippen LogP contribution in [0.4, 0.5) is 5.69 Å². The lowest BCUT2D eigenvalue weighted by Gasteiger charge is -2.36. The average molecular weight is 233 g/mol. The van der Waals surface area contributed by atoms with E-state index in [4.69, 9.17) is 5.73 Å². The molecule has 1 aliphatic heterocycles. The molecule has 1 saturated heterocycles. The van der Waals surface area contributed by atoms with E-state index in [1.807, 2.05) is 19.2 Å². The first-order chi connectivity index (χ1) is 8.08. The molecule has 2 heterocycles. The molecule has 17 heavy (non-hydrogen) atoms. The van der Waals surface area contributed by atoms with Gasteiger partial charge in [-0.05, 0) is 37.3 Å². The third-order valence-electron chi connectivity index (χ3n) is 3.94. The molecule has 2 N–H and O–H groups in total. The molecule has 0 bridgehead atoms. The van der Waals surface area contributed by atoms with Gasteiger partial charge in [0.05, 0.1) is 17.6 Å². The number of hydrogen-bond acceptors (Lipinski definition) is 3. The van der Waals surface area contributed by atoms with Gasteiger partial charge < -0.3 is 10.6 Å². The summed E-state index contributed by atoms with van der Waals surface area (Å²) in [6, 6.07) is 4.21. The number of anilines is 1. The Labute approximate surface area is 104 Å². The van der Waals surface area contributed by atoms with Gasteiger partial charge in [0.2, 0.25) is 0 Å². The van der Waals surface area contributed by atoms with E-state index in [1.165, 1.54) is 12.1 Å². The molecule has 1 aliphatic rings. The van der Waals surface area contributed by atoms with Crippen LogP contribution in [0.5, 0.6) is 0 Å². The monoisotopic (exact) mass is 233 g/mol. The average Bonchev–Trinajstić information content (AvgIpc) is 2.33. The van der Waals surface area contributed by atoms with Gasteiger partial charge in [-0.2, -0.15) is 0 Å². The van der Waals surface area contributed by atoms with Gasteiger partial charge >= 0.3 is 0 Å². The van der Waals surface area contributed by atoms with E-state index in [9.17, 15) is 0 Å². The van der Waals surface area contributed by atoms with Gasteiger partial charge in [0, 0.05) is 19.1 Å². The number of nitrogens with two attached hydrogens (primary N) is 1. The van der Waals surface area contributed by atoms with Crippen LogP contribution in [0.15, 0.2) is 18.3 Å². The molecule has 3 atom stereocenters. The van der Waals surface area contributed by atoms with Crippen molar-refractivity contribution in [2.24, 2.45) is 17.6 Å².